The van der Waals surface area contributed by atoms with Crippen LogP contribution < -0.4 is 5.32 Å². The summed E-state index contributed by atoms with van der Waals surface area (Å²) in [6.45, 7) is 0. The quantitative estimate of drug-likeness (QED) is 0.191. The Hall–Kier alpha value is -7.28. The molecule has 0 spiro atoms. The first-order valence-electron chi connectivity index (χ1n) is 19.2. The SMILES string of the molecule is c1ccc(C2=NC(c3cccc4c3sc3ccc(-c5ccc6oc7cccc(-n8c9ccccc9c9ccccc98)c7c6c5)cc34)NC(c3ccccc3)=N2)cc1. The highest BCUT2D eigenvalue weighted by atomic mass is 32.1. The van der Waals surface area contributed by atoms with Crippen LogP contribution in [0.25, 0.3) is 80.7 Å². The summed E-state index contributed by atoms with van der Waals surface area (Å²) in [5.41, 5.74) is 10.7. The number of nitrogens with zero attached hydrogens (tertiary/aromatic N) is 3. The number of hydrogen-bond acceptors (Lipinski definition) is 5. The number of benzene rings is 8. The van der Waals surface area contributed by atoms with Crippen molar-refractivity contribution in [1.82, 2.24) is 9.88 Å². The summed E-state index contributed by atoms with van der Waals surface area (Å²) in [6, 6.07) is 64.3. The van der Waals surface area contributed by atoms with Crippen LogP contribution in [0.15, 0.2) is 196 Å². The maximum atomic E-state index is 6.53. The Bertz CT molecular complexity index is 3390. The number of amidine groups is 2. The zero-order chi connectivity index (χ0) is 37.5. The first-order valence-corrected chi connectivity index (χ1v) is 20.0. The molecule has 5 nitrogen and oxygen atoms in total. The maximum absolute atomic E-state index is 6.53. The number of fused-ring (bicyclic) bond motifs is 9. The molecule has 4 heterocycles. The number of furan rings is 1. The summed E-state index contributed by atoms with van der Waals surface area (Å²) in [6.07, 6.45) is -0.301. The van der Waals surface area contributed by atoms with Gasteiger partial charge >= 0.3 is 0 Å². The van der Waals surface area contributed by atoms with Gasteiger partial charge in [-0.15, -0.1) is 11.3 Å². The van der Waals surface area contributed by atoms with Gasteiger partial charge in [-0.05, 0) is 59.7 Å². The van der Waals surface area contributed by atoms with E-state index in [4.69, 9.17) is 14.4 Å². The summed E-state index contributed by atoms with van der Waals surface area (Å²) in [7, 11) is 0. The Labute approximate surface area is 331 Å². The van der Waals surface area contributed by atoms with E-state index >= 15 is 0 Å². The molecule has 0 saturated carbocycles. The Morgan fingerprint density at radius 3 is 1.93 bits per heavy atom. The summed E-state index contributed by atoms with van der Waals surface area (Å²) in [4.78, 5) is 10.2. The van der Waals surface area contributed by atoms with Gasteiger partial charge in [0.15, 0.2) is 5.84 Å². The van der Waals surface area contributed by atoms with Gasteiger partial charge in [0.05, 0.1) is 22.1 Å². The smallest absolute Gasteiger partial charge is 0.159 e. The van der Waals surface area contributed by atoms with E-state index in [9.17, 15) is 0 Å². The summed E-state index contributed by atoms with van der Waals surface area (Å²) in [5, 5.41) is 10.8. The Morgan fingerprint density at radius 2 is 1.16 bits per heavy atom. The maximum Gasteiger partial charge on any atom is 0.159 e. The summed E-state index contributed by atoms with van der Waals surface area (Å²) in [5.74, 6) is 1.54. The molecule has 1 unspecified atom stereocenters. The van der Waals surface area contributed by atoms with Crippen molar-refractivity contribution in [1.29, 1.82) is 0 Å². The predicted octanol–water partition coefficient (Wildman–Crippen LogP) is 13.2. The van der Waals surface area contributed by atoms with Crippen LogP contribution in [-0.2, 0) is 0 Å². The van der Waals surface area contributed by atoms with E-state index in [2.05, 4.69) is 155 Å². The molecule has 1 aliphatic heterocycles. The fourth-order valence-corrected chi connectivity index (χ4v) is 9.86. The molecule has 0 fully saturated rings. The average molecular weight is 749 g/mol. The lowest BCUT2D eigenvalue weighted by Crippen LogP contribution is -2.33. The van der Waals surface area contributed by atoms with Crippen molar-refractivity contribution in [2.45, 2.75) is 6.17 Å². The fourth-order valence-electron chi connectivity index (χ4n) is 8.64. The standard InChI is InChI=1S/C51H32N4OS/c1-3-13-31(14-4-1)49-52-50(32-15-5-2-6-16-32)54-51(53-49)38-20-11-19-37-39-29-34(26-28-46(39)57-48(37)38)33-25-27-44-40(30-33)47-43(23-12-24-45(47)56-44)55-41-21-9-7-17-35(41)36-18-8-10-22-42(36)55/h1-30,51H,(H,52,53,54). The van der Waals surface area contributed by atoms with Crippen LogP contribution >= 0.6 is 11.3 Å². The number of thiophene rings is 1. The van der Waals surface area contributed by atoms with Crippen molar-refractivity contribution in [3.8, 4) is 16.8 Å². The van der Waals surface area contributed by atoms with E-state index in [1.54, 1.807) is 0 Å². The third-order valence-corrected chi connectivity index (χ3v) is 12.5. The van der Waals surface area contributed by atoms with Crippen molar-refractivity contribution in [2.24, 2.45) is 9.98 Å². The lowest BCUT2D eigenvalue weighted by atomic mass is 9.99. The molecule has 6 heteroatoms. The molecule has 0 amide bonds. The third kappa shape index (κ3) is 5.08. The molecule has 1 N–H and O–H groups in total. The molecular formula is C51H32N4OS. The predicted molar refractivity (Wildman–Crippen MR) is 238 cm³/mol. The van der Waals surface area contributed by atoms with Crippen LogP contribution in [-0.4, -0.2) is 16.2 Å². The van der Waals surface area contributed by atoms with Crippen LogP contribution in [0.3, 0.4) is 0 Å². The van der Waals surface area contributed by atoms with E-state index < -0.39 is 0 Å². The molecule has 12 rings (SSSR count). The minimum atomic E-state index is -0.301. The lowest BCUT2D eigenvalue weighted by Gasteiger charge is -2.24. The van der Waals surface area contributed by atoms with E-state index in [1.165, 1.54) is 42.0 Å². The van der Waals surface area contributed by atoms with Gasteiger partial charge in [0.1, 0.15) is 23.2 Å². The van der Waals surface area contributed by atoms with Crippen LogP contribution in [0.4, 0.5) is 0 Å². The minimum Gasteiger partial charge on any atom is -0.456 e. The second-order valence-electron chi connectivity index (χ2n) is 14.6. The number of para-hydroxylation sites is 2. The minimum absolute atomic E-state index is 0.301. The van der Waals surface area contributed by atoms with Gasteiger partial charge in [-0.1, -0.05) is 133 Å². The second-order valence-corrected chi connectivity index (χ2v) is 15.6. The van der Waals surface area contributed by atoms with E-state index in [1.807, 2.05) is 47.7 Å². The van der Waals surface area contributed by atoms with Gasteiger partial charge < -0.3 is 14.3 Å². The molecule has 8 aromatic carbocycles. The lowest BCUT2D eigenvalue weighted by molar-refractivity contribution is 0.669. The van der Waals surface area contributed by atoms with Crippen molar-refractivity contribution < 1.29 is 4.42 Å². The normalized spacial score (nSPS) is 14.5. The first kappa shape index (κ1) is 32.0. The molecular weight excluding hydrogens is 717 g/mol. The summed E-state index contributed by atoms with van der Waals surface area (Å²) >= 11 is 1.82. The zero-order valence-electron chi connectivity index (χ0n) is 30.6. The Balaban J connectivity index is 0.987. The average Bonchev–Trinajstić information content (AvgIpc) is 3.96. The van der Waals surface area contributed by atoms with E-state index in [-0.39, 0.29) is 6.17 Å². The highest BCUT2D eigenvalue weighted by Crippen LogP contribution is 2.43. The monoisotopic (exact) mass is 748 g/mol. The van der Waals surface area contributed by atoms with Crippen LogP contribution in [0, 0.1) is 0 Å². The van der Waals surface area contributed by atoms with Crippen molar-refractivity contribution in [3.63, 3.8) is 0 Å². The third-order valence-electron chi connectivity index (χ3n) is 11.3. The molecule has 0 aliphatic carbocycles. The molecule has 3 aromatic heterocycles. The molecule has 0 radical (unpaired) electrons. The number of aliphatic imine (C=N–C) groups is 2. The van der Waals surface area contributed by atoms with Crippen LogP contribution in [0.2, 0.25) is 0 Å². The van der Waals surface area contributed by atoms with Crippen molar-refractivity contribution in [3.05, 3.63) is 199 Å². The molecule has 268 valence electrons. The van der Waals surface area contributed by atoms with Crippen molar-refractivity contribution >= 4 is 86.9 Å². The molecule has 0 bridgehead atoms. The molecule has 57 heavy (non-hydrogen) atoms. The van der Waals surface area contributed by atoms with Crippen LogP contribution in [0.5, 0.6) is 0 Å². The fraction of sp³-hybridized carbons (Fsp3) is 0.0196. The highest BCUT2D eigenvalue weighted by molar-refractivity contribution is 7.26. The molecule has 0 saturated heterocycles. The van der Waals surface area contributed by atoms with Crippen molar-refractivity contribution in [2.75, 3.05) is 0 Å². The number of rotatable bonds is 5. The van der Waals surface area contributed by atoms with Gasteiger partial charge in [-0.2, -0.15) is 0 Å². The summed E-state index contributed by atoms with van der Waals surface area (Å²) < 4.78 is 11.4. The number of hydrogen-bond donors (Lipinski definition) is 1. The van der Waals surface area contributed by atoms with Gasteiger partial charge in [-0.3, -0.25) is 0 Å². The molecule has 1 aliphatic rings. The number of nitrogens with one attached hydrogen (secondary N) is 1. The Morgan fingerprint density at radius 1 is 0.509 bits per heavy atom. The second kappa shape index (κ2) is 12.6. The first-order chi connectivity index (χ1) is 28.2. The van der Waals surface area contributed by atoms with Gasteiger partial charge in [-0.25, -0.2) is 9.98 Å². The number of aromatic nitrogens is 1. The van der Waals surface area contributed by atoms with Gasteiger partial charge in [0.25, 0.3) is 0 Å². The Kier molecular flexibility index (Phi) is 7.09. The zero-order valence-corrected chi connectivity index (χ0v) is 31.4. The van der Waals surface area contributed by atoms with E-state index in [0.29, 0.717) is 0 Å². The van der Waals surface area contributed by atoms with E-state index in [0.717, 1.165) is 67.1 Å². The molecule has 11 aromatic rings. The van der Waals surface area contributed by atoms with Gasteiger partial charge in [0.2, 0.25) is 0 Å². The highest BCUT2D eigenvalue weighted by Gasteiger charge is 2.24. The largest absolute Gasteiger partial charge is 0.456 e. The molecule has 1 atom stereocenters. The van der Waals surface area contributed by atoms with Crippen LogP contribution in [0.1, 0.15) is 22.9 Å². The topological polar surface area (TPSA) is 54.8 Å². The van der Waals surface area contributed by atoms with Gasteiger partial charge in [0, 0.05) is 53.0 Å².